The molecule has 8 nitrogen and oxygen atoms in total. The Labute approximate surface area is 126 Å². The lowest BCUT2D eigenvalue weighted by molar-refractivity contribution is -0.141. The van der Waals surface area contributed by atoms with Crippen molar-refractivity contribution in [2.75, 3.05) is 0 Å². The largest absolute Gasteiger partial charge is 0.480 e. The molecule has 0 spiro atoms. The molecule has 122 valence electrons. The van der Waals surface area contributed by atoms with Crippen LogP contribution in [0.2, 0.25) is 0 Å². The minimum absolute atomic E-state index is 0. The van der Waals surface area contributed by atoms with Crippen molar-refractivity contribution in [2.45, 2.75) is 25.4 Å². The van der Waals surface area contributed by atoms with Crippen molar-refractivity contribution >= 4 is 22.8 Å². The average Bonchev–Trinajstić information content (AvgIpc) is 2.82. The van der Waals surface area contributed by atoms with Crippen LogP contribution in [0, 0.1) is 0 Å². The van der Waals surface area contributed by atoms with Gasteiger partial charge in [0.2, 0.25) is 5.91 Å². The van der Waals surface area contributed by atoms with E-state index in [1.54, 1.807) is 0 Å². The van der Waals surface area contributed by atoms with E-state index in [0.29, 0.717) is 6.42 Å². The second-order valence-corrected chi connectivity index (χ2v) is 4.74. The molecule has 0 saturated heterocycles. The van der Waals surface area contributed by atoms with Gasteiger partial charge >= 0.3 is 5.97 Å². The first-order valence-corrected chi connectivity index (χ1v) is 6.33. The lowest BCUT2D eigenvalue weighted by Crippen LogP contribution is -2.47. The average molecular weight is 311 g/mol. The van der Waals surface area contributed by atoms with Gasteiger partial charge in [0.05, 0.1) is 6.04 Å². The van der Waals surface area contributed by atoms with E-state index >= 15 is 0 Å². The lowest BCUT2D eigenvalue weighted by Gasteiger charge is -2.14. The molecule has 0 radical (unpaired) electrons. The molecule has 2 atom stereocenters. The van der Waals surface area contributed by atoms with E-state index in [9.17, 15) is 9.59 Å². The van der Waals surface area contributed by atoms with Gasteiger partial charge in [0.1, 0.15) is 6.04 Å². The number of hydrogen-bond acceptors (Lipinski definition) is 3. The van der Waals surface area contributed by atoms with Crippen LogP contribution >= 0.6 is 0 Å². The number of nitrogens with one attached hydrogen (secondary N) is 2. The first kappa shape index (κ1) is 19.6. The van der Waals surface area contributed by atoms with Gasteiger partial charge in [0, 0.05) is 17.1 Å². The molecule has 0 fully saturated rings. The van der Waals surface area contributed by atoms with E-state index in [1.165, 1.54) is 6.92 Å². The SMILES string of the molecule is C[C@H](NC(=O)[C@@H](N)Cc1c[nH]c2ccccc12)C(=O)O.O.O. The number of nitrogens with two attached hydrogens (primary N) is 1. The van der Waals surface area contributed by atoms with Crippen LogP contribution in [0.1, 0.15) is 12.5 Å². The Balaban J connectivity index is 0.00000220. The number of aromatic nitrogens is 1. The predicted molar refractivity (Wildman–Crippen MR) is 82.4 cm³/mol. The zero-order chi connectivity index (χ0) is 14.7. The first-order valence-electron chi connectivity index (χ1n) is 6.33. The molecule has 2 rings (SSSR count). The molecule has 0 aliphatic rings. The highest BCUT2D eigenvalue weighted by molar-refractivity contribution is 5.88. The van der Waals surface area contributed by atoms with Crippen LogP contribution in [0.4, 0.5) is 0 Å². The summed E-state index contributed by atoms with van der Waals surface area (Å²) in [6.45, 7) is 1.40. The highest BCUT2D eigenvalue weighted by atomic mass is 16.4. The zero-order valence-corrected chi connectivity index (χ0v) is 12.1. The standard InChI is InChI=1S/C14H17N3O3.2H2O/c1-8(14(19)20)17-13(18)11(15)6-9-7-16-12-5-3-2-4-10(9)12;;/h2-5,7-8,11,16H,6,15H2,1H3,(H,17,18)(H,19,20);2*1H2/t8-,11-;;/m0../s1. The number of aliphatic carboxylic acids is 1. The minimum Gasteiger partial charge on any atom is -0.480 e. The van der Waals surface area contributed by atoms with Crippen LogP contribution in [0.25, 0.3) is 10.9 Å². The molecular formula is C14H21N3O5. The van der Waals surface area contributed by atoms with Crippen molar-refractivity contribution < 1.29 is 25.6 Å². The van der Waals surface area contributed by atoms with E-state index in [4.69, 9.17) is 10.8 Å². The molecule has 0 unspecified atom stereocenters. The molecule has 0 saturated carbocycles. The van der Waals surface area contributed by atoms with Crippen molar-refractivity contribution in [1.29, 1.82) is 0 Å². The molecule has 22 heavy (non-hydrogen) atoms. The topological polar surface area (TPSA) is 171 Å². The number of fused-ring (bicyclic) bond motifs is 1. The molecule has 0 bridgehead atoms. The van der Waals surface area contributed by atoms with Gasteiger partial charge in [-0.05, 0) is 25.0 Å². The number of benzene rings is 1. The Morgan fingerprint density at radius 1 is 1.32 bits per heavy atom. The van der Waals surface area contributed by atoms with Crippen LogP contribution < -0.4 is 11.1 Å². The molecule has 1 aromatic carbocycles. The molecule has 8 heteroatoms. The molecule has 1 heterocycles. The Kier molecular flexibility index (Phi) is 7.23. The summed E-state index contributed by atoms with van der Waals surface area (Å²) in [6, 6.07) is 6.00. The third-order valence-electron chi connectivity index (χ3n) is 3.18. The second kappa shape index (κ2) is 8.13. The number of carbonyl (C=O) groups excluding carboxylic acids is 1. The van der Waals surface area contributed by atoms with E-state index < -0.39 is 24.0 Å². The lowest BCUT2D eigenvalue weighted by atomic mass is 10.0. The van der Waals surface area contributed by atoms with E-state index in [2.05, 4.69) is 10.3 Å². The Morgan fingerprint density at radius 3 is 2.59 bits per heavy atom. The van der Waals surface area contributed by atoms with Gasteiger partial charge in [0.15, 0.2) is 0 Å². The number of hydrogen-bond donors (Lipinski definition) is 4. The minimum atomic E-state index is -1.09. The molecule has 2 aromatic rings. The number of carboxylic acids is 1. The van der Waals surface area contributed by atoms with Crippen molar-refractivity contribution in [3.05, 3.63) is 36.0 Å². The van der Waals surface area contributed by atoms with Crippen LogP contribution in [0.15, 0.2) is 30.5 Å². The number of para-hydroxylation sites is 1. The normalized spacial score (nSPS) is 12.6. The fourth-order valence-corrected chi connectivity index (χ4v) is 2.01. The van der Waals surface area contributed by atoms with E-state index in [-0.39, 0.29) is 11.0 Å². The summed E-state index contributed by atoms with van der Waals surface area (Å²) in [5.41, 5.74) is 7.75. The number of rotatable bonds is 5. The summed E-state index contributed by atoms with van der Waals surface area (Å²) >= 11 is 0. The van der Waals surface area contributed by atoms with Crippen LogP contribution in [-0.2, 0) is 16.0 Å². The fraction of sp³-hybridized carbons (Fsp3) is 0.286. The zero-order valence-electron chi connectivity index (χ0n) is 12.1. The molecule has 0 aliphatic carbocycles. The molecule has 0 aliphatic heterocycles. The maximum Gasteiger partial charge on any atom is 0.325 e. The molecular weight excluding hydrogens is 290 g/mol. The van der Waals surface area contributed by atoms with Gasteiger partial charge in [-0.2, -0.15) is 0 Å². The monoisotopic (exact) mass is 311 g/mol. The maximum atomic E-state index is 11.8. The smallest absolute Gasteiger partial charge is 0.325 e. The van der Waals surface area contributed by atoms with Crippen molar-refractivity contribution in [3.8, 4) is 0 Å². The predicted octanol–water partition coefficient (Wildman–Crippen LogP) is -1.02. The summed E-state index contributed by atoms with van der Waals surface area (Å²) in [5, 5.41) is 12.1. The van der Waals surface area contributed by atoms with E-state index in [0.717, 1.165) is 16.5 Å². The number of aromatic amines is 1. The van der Waals surface area contributed by atoms with Gasteiger partial charge in [-0.15, -0.1) is 0 Å². The van der Waals surface area contributed by atoms with Crippen molar-refractivity contribution in [3.63, 3.8) is 0 Å². The van der Waals surface area contributed by atoms with E-state index in [1.807, 2.05) is 30.5 Å². The summed E-state index contributed by atoms with van der Waals surface area (Å²) < 4.78 is 0. The Hall–Kier alpha value is -2.42. The summed E-state index contributed by atoms with van der Waals surface area (Å²) in [4.78, 5) is 25.6. The van der Waals surface area contributed by atoms with Gasteiger partial charge in [0.25, 0.3) is 0 Å². The van der Waals surface area contributed by atoms with Crippen LogP contribution in [-0.4, -0.2) is 45.0 Å². The summed E-state index contributed by atoms with van der Waals surface area (Å²) in [6.07, 6.45) is 2.17. The molecule has 1 aromatic heterocycles. The first-order chi connectivity index (χ1) is 9.49. The fourth-order valence-electron chi connectivity index (χ4n) is 2.01. The summed E-state index contributed by atoms with van der Waals surface area (Å²) in [7, 11) is 0. The molecule has 9 N–H and O–H groups in total. The number of carboxylic acid groups (broad SMARTS) is 1. The quantitative estimate of drug-likeness (QED) is 0.553. The molecule has 1 amide bonds. The van der Waals surface area contributed by atoms with Crippen LogP contribution in [0.3, 0.4) is 0 Å². The number of carbonyl (C=O) groups is 2. The van der Waals surface area contributed by atoms with Gasteiger partial charge in [-0.3, -0.25) is 9.59 Å². The highest BCUT2D eigenvalue weighted by Gasteiger charge is 2.20. The van der Waals surface area contributed by atoms with Gasteiger partial charge < -0.3 is 32.1 Å². The van der Waals surface area contributed by atoms with Crippen molar-refractivity contribution in [1.82, 2.24) is 10.3 Å². The van der Waals surface area contributed by atoms with Crippen LogP contribution in [0.5, 0.6) is 0 Å². The second-order valence-electron chi connectivity index (χ2n) is 4.74. The third-order valence-corrected chi connectivity index (χ3v) is 3.18. The summed E-state index contributed by atoms with van der Waals surface area (Å²) in [5.74, 6) is -1.55. The number of H-pyrrole nitrogens is 1. The highest BCUT2D eigenvalue weighted by Crippen LogP contribution is 2.18. The van der Waals surface area contributed by atoms with Gasteiger partial charge in [-0.1, -0.05) is 18.2 Å². The Morgan fingerprint density at radius 2 is 1.95 bits per heavy atom. The number of amides is 1. The maximum absolute atomic E-state index is 11.8. The third kappa shape index (κ3) is 4.29. The van der Waals surface area contributed by atoms with Gasteiger partial charge in [-0.25, -0.2) is 0 Å². The van der Waals surface area contributed by atoms with Crippen molar-refractivity contribution in [2.24, 2.45) is 5.73 Å². The Bertz CT molecular complexity index is 640.